The van der Waals surface area contributed by atoms with Gasteiger partial charge in [0, 0.05) is 35.8 Å². The molecule has 108 valence electrons. The number of benzene rings is 1. The molecule has 6 heteroatoms. The van der Waals surface area contributed by atoms with Crippen molar-refractivity contribution in [2.24, 2.45) is 0 Å². The number of carboxylic acids is 1. The van der Waals surface area contributed by atoms with Crippen LogP contribution in [0.4, 0.5) is 0 Å². The first-order valence-corrected chi connectivity index (χ1v) is 8.28. The summed E-state index contributed by atoms with van der Waals surface area (Å²) in [4.78, 5) is 15.9. The maximum absolute atomic E-state index is 11.4. The standard InChI is InChI=1S/C14H18N2O3S/c1-3-5-12-15-11-7-4-6-10(14(17)18)13(11)16(12)8-9-20(2)19/h4,6-7H,3,5,8-9H2,1-2H3,(H,17,18). The molecule has 0 radical (unpaired) electrons. The van der Waals surface area contributed by atoms with Crippen LogP contribution in [0, 0.1) is 0 Å². The van der Waals surface area contributed by atoms with E-state index in [0.717, 1.165) is 18.7 Å². The number of imidazole rings is 1. The maximum atomic E-state index is 11.4. The van der Waals surface area contributed by atoms with Gasteiger partial charge in [-0.15, -0.1) is 0 Å². The van der Waals surface area contributed by atoms with Gasteiger partial charge in [0.15, 0.2) is 0 Å². The number of aromatic nitrogens is 2. The SMILES string of the molecule is CCCc1nc2cccc(C(=O)O)c2n1CCS(C)=O. The average molecular weight is 294 g/mol. The molecule has 1 heterocycles. The van der Waals surface area contributed by atoms with Crippen molar-refractivity contribution in [1.29, 1.82) is 0 Å². The van der Waals surface area contributed by atoms with Crippen LogP contribution < -0.4 is 0 Å². The lowest BCUT2D eigenvalue weighted by atomic mass is 10.2. The first-order valence-electron chi connectivity index (χ1n) is 6.56. The average Bonchev–Trinajstić information content (AvgIpc) is 2.73. The fourth-order valence-corrected chi connectivity index (χ4v) is 2.72. The fraction of sp³-hybridized carbons (Fsp3) is 0.429. The quantitative estimate of drug-likeness (QED) is 0.885. The number of para-hydroxylation sites is 1. The normalized spacial score (nSPS) is 12.7. The largest absolute Gasteiger partial charge is 0.478 e. The molecule has 1 aromatic heterocycles. The van der Waals surface area contributed by atoms with Crippen LogP contribution in [-0.2, 0) is 23.8 Å². The number of aryl methyl sites for hydroxylation is 2. The Kier molecular flexibility index (Phi) is 4.54. The highest BCUT2D eigenvalue weighted by atomic mass is 32.2. The molecule has 2 aromatic rings. The molecule has 0 aliphatic heterocycles. The Morgan fingerprint density at radius 3 is 2.80 bits per heavy atom. The molecule has 0 aliphatic carbocycles. The van der Waals surface area contributed by atoms with E-state index in [0.29, 0.717) is 23.3 Å². The predicted molar refractivity (Wildman–Crippen MR) is 79.6 cm³/mol. The summed E-state index contributed by atoms with van der Waals surface area (Å²) in [6.45, 7) is 2.58. The fourth-order valence-electron chi connectivity index (χ4n) is 2.28. The van der Waals surface area contributed by atoms with Crippen molar-refractivity contribution in [3.05, 3.63) is 29.6 Å². The molecule has 20 heavy (non-hydrogen) atoms. The number of aromatic carboxylic acids is 1. The second-order valence-electron chi connectivity index (χ2n) is 4.69. The first kappa shape index (κ1) is 14.7. The molecular formula is C14H18N2O3S. The van der Waals surface area contributed by atoms with Gasteiger partial charge in [0.25, 0.3) is 0 Å². The summed E-state index contributed by atoms with van der Waals surface area (Å²) in [7, 11) is -0.919. The molecule has 1 aromatic carbocycles. The Bertz CT molecular complexity index is 664. The van der Waals surface area contributed by atoms with E-state index in [1.165, 1.54) is 0 Å². The Balaban J connectivity index is 2.60. The smallest absolute Gasteiger partial charge is 0.337 e. The summed E-state index contributed by atoms with van der Waals surface area (Å²) in [5, 5.41) is 9.32. The number of carboxylic acid groups (broad SMARTS) is 1. The van der Waals surface area contributed by atoms with Crippen molar-refractivity contribution in [3.8, 4) is 0 Å². The van der Waals surface area contributed by atoms with Crippen molar-refractivity contribution in [3.63, 3.8) is 0 Å². The highest BCUT2D eigenvalue weighted by molar-refractivity contribution is 7.84. The zero-order chi connectivity index (χ0) is 14.7. The lowest BCUT2D eigenvalue weighted by Crippen LogP contribution is -2.11. The number of fused-ring (bicyclic) bond motifs is 1. The minimum absolute atomic E-state index is 0.249. The van der Waals surface area contributed by atoms with E-state index in [1.54, 1.807) is 18.4 Å². The third kappa shape index (κ3) is 2.90. The molecule has 0 bridgehead atoms. The molecule has 0 aliphatic rings. The van der Waals surface area contributed by atoms with E-state index in [-0.39, 0.29) is 5.56 Å². The zero-order valence-corrected chi connectivity index (χ0v) is 12.4. The lowest BCUT2D eigenvalue weighted by molar-refractivity contribution is 0.0698. The highest BCUT2D eigenvalue weighted by Crippen LogP contribution is 2.21. The van der Waals surface area contributed by atoms with E-state index < -0.39 is 16.8 Å². The zero-order valence-electron chi connectivity index (χ0n) is 11.6. The number of nitrogens with zero attached hydrogens (tertiary/aromatic N) is 2. The molecule has 1 N–H and O–H groups in total. The molecule has 0 saturated heterocycles. The third-order valence-corrected chi connectivity index (χ3v) is 3.91. The van der Waals surface area contributed by atoms with Crippen LogP contribution in [0.25, 0.3) is 11.0 Å². The minimum atomic E-state index is -0.961. The van der Waals surface area contributed by atoms with E-state index in [1.807, 2.05) is 10.6 Å². The van der Waals surface area contributed by atoms with Gasteiger partial charge in [0.2, 0.25) is 0 Å². The molecule has 0 spiro atoms. The van der Waals surface area contributed by atoms with E-state index in [2.05, 4.69) is 11.9 Å². The van der Waals surface area contributed by atoms with Gasteiger partial charge in [0.05, 0.1) is 16.6 Å². The predicted octanol–water partition coefficient (Wildman–Crippen LogP) is 2.07. The minimum Gasteiger partial charge on any atom is -0.478 e. The van der Waals surface area contributed by atoms with Crippen molar-refractivity contribution in [2.75, 3.05) is 12.0 Å². The second-order valence-corrected chi connectivity index (χ2v) is 6.24. The lowest BCUT2D eigenvalue weighted by Gasteiger charge is -2.09. The molecule has 0 saturated carbocycles. The van der Waals surface area contributed by atoms with Gasteiger partial charge in [-0.3, -0.25) is 4.21 Å². The number of rotatable bonds is 6. The number of carbonyl (C=O) groups is 1. The van der Waals surface area contributed by atoms with Crippen LogP contribution in [0.5, 0.6) is 0 Å². The molecule has 0 fully saturated rings. The van der Waals surface area contributed by atoms with Crippen LogP contribution in [0.1, 0.15) is 29.5 Å². The summed E-state index contributed by atoms with van der Waals surface area (Å²) >= 11 is 0. The Hall–Kier alpha value is -1.69. The molecule has 1 atom stereocenters. The van der Waals surface area contributed by atoms with E-state index in [4.69, 9.17) is 0 Å². The summed E-state index contributed by atoms with van der Waals surface area (Å²) in [5.41, 5.74) is 1.57. The van der Waals surface area contributed by atoms with Crippen molar-refractivity contribution in [1.82, 2.24) is 9.55 Å². The van der Waals surface area contributed by atoms with Gasteiger partial charge in [-0.2, -0.15) is 0 Å². The van der Waals surface area contributed by atoms with E-state index in [9.17, 15) is 14.1 Å². The van der Waals surface area contributed by atoms with Crippen molar-refractivity contribution in [2.45, 2.75) is 26.3 Å². The highest BCUT2D eigenvalue weighted by Gasteiger charge is 2.17. The van der Waals surface area contributed by atoms with E-state index >= 15 is 0 Å². The first-order chi connectivity index (χ1) is 9.54. The molecule has 2 rings (SSSR count). The Labute approximate surface area is 120 Å². The topological polar surface area (TPSA) is 72.2 Å². The van der Waals surface area contributed by atoms with Crippen LogP contribution in [-0.4, -0.2) is 36.8 Å². The van der Waals surface area contributed by atoms with Crippen LogP contribution in [0.3, 0.4) is 0 Å². The van der Waals surface area contributed by atoms with Crippen molar-refractivity contribution < 1.29 is 14.1 Å². The summed E-state index contributed by atoms with van der Waals surface area (Å²) in [5.74, 6) is 0.398. The van der Waals surface area contributed by atoms with Gasteiger partial charge >= 0.3 is 5.97 Å². The van der Waals surface area contributed by atoms with Gasteiger partial charge in [-0.05, 0) is 18.6 Å². The second kappa shape index (κ2) is 6.17. The monoisotopic (exact) mass is 294 g/mol. The Morgan fingerprint density at radius 1 is 1.45 bits per heavy atom. The van der Waals surface area contributed by atoms with Crippen LogP contribution >= 0.6 is 0 Å². The summed E-state index contributed by atoms with van der Waals surface area (Å²) in [6.07, 6.45) is 3.36. The maximum Gasteiger partial charge on any atom is 0.337 e. The van der Waals surface area contributed by atoms with Crippen LogP contribution in [0.2, 0.25) is 0 Å². The summed E-state index contributed by atoms with van der Waals surface area (Å²) in [6, 6.07) is 5.11. The van der Waals surface area contributed by atoms with Crippen LogP contribution in [0.15, 0.2) is 18.2 Å². The van der Waals surface area contributed by atoms with Gasteiger partial charge in [-0.25, -0.2) is 9.78 Å². The Morgan fingerprint density at radius 2 is 2.20 bits per heavy atom. The van der Waals surface area contributed by atoms with Gasteiger partial charge < -0.3 is 9.67 Å². The van der Waals surface area contributed by atoms with Gasteiger partial charge in [0.1, 0.15) is 5.82 Å². The third-order valence-electron chi connectivity index (χ3n) is 3.15. The molecule has 5 nitrogen and oxygen atoms in total. The van der Waals surface area contributed by atoms with Crippen molar-refractivity contribution >= 4 is 27.8 Å². The molecular weight excluding hydrogens is 276 g/mol. The van der Waals surface area contributed by atoms with Gasteiger partial charge in [-0.1, -0.05) is 13.0 Å². The molecule has 1 unspecified atom stereocenters. The molecule has 0 amide bonds. The number of hydrogen-bond donors (Lipinski definition) is 1. The summed E-state index contributed by atoms with van der Waals surface area (Å²) < 4.78 is 13.2. The number of hydrogen-bond acceptors (Lipinski definition) is 3.